The first kappa shape index (κ1) is 35.0. The molecular formula is C32H58. The Kier molecular flexibility index (Phi) is 19.6. The summed E-state index contributed by atoms with van der Waals surface area (Å²) in [6.07, 6.45) is 1.14. The van der Waals surface area contributed by atoms with Crippen molar-refractivity contribution in [3.63, 3.8) is 0 Å². The monoisotopic (exact) mass is 442 g/mol. The first-order chi connectivity index (χ1) is 15.1. The van der Waals surface area contributed by atoms with Crippen molar-refractivity contribution in [3.8, 4) is 11.1 Å². The van der Waals surface area contributed by atoms with Crippen LogP contribution in [0.1, 0.15) is 136 Å². The summed E-state index contributed by atoms with van der Waals surface area (Å²) in [7, 11) is 0. The molecule has 0 aliphatic rings. The summed E-state index contributed by atoms with van der Waals surface area (Å²) in [6.45, 7) is 36.6. The second kappa shape index (κ2) is 17.9. The van der Waals surface area contributed by atoms with Crippen LogP contribution >= 0.6 is 0 Å². The zero-order valence-corrected chi connectivity index (χ0v) is 25.1. The van der Waals surface area contributed by atoms with Gasteiger partial charge < -0.3 is 0 Å². The third-order valence-electron chi connectivity index (χ3n) is 5.77. The van der Waals surface area contributed by atoms with Gasteiger partial charge in [-0.1, -0.05) is 114 Å². The van der Waals surface area contributed by atoms with Crippen molar-refractivity contribution >= 4 is 0 Å². The number of benzene rings is 2. The van der Waals surface area contributed by atoms with E-state index < -0.39 is 0 Å². The molecule has 32 heavy (non-hydrogen) atoms. The SMILES string of the molecule is CC.CC.CC.CC.CCC(C)(C)c1cc(C)c(C)cc1-c1cc(C)c(C(C)C)cc1C. The minimum atomic E-state index is 0.185. The van der Waals surface area contributed by atoms with Gasteiger partial charge >= 0.3 is 0 Å². The van der Waals surface area contributed by atoms with E-state index in [0.29, 0.717) is 5.92 Å². The fraction of sp³-hybridized carbons (Fsp3) is 0.625. The molecule has 0 atom stereocenters. The van der Waals surface area contributed by atoms with Gasteiger partial charge in [0.15, 0.2) is 0 Å². The normalized spacial score (nSPS) is 9.81. The zero-order chi connectivity index (χ0) is 26.2. The molecule has 0 saturated heterocycles. The van der Waals surface area contributed by atoms with Crippen LogP contribution in [-0.2, 0) is 5.41 Å². The van der Waals surface area contributed by atoms with Gasteiger partial charge in [0.25, 0.3) is 0 Å². The van der Waals surface area contributed by atoms with Gasteiger partial charge in [-0.25, -0.2) is 0 Å². The van der Waals surface area contributed by atoms with E-state index in [1.807, 2.05) is 55.4 Å². The second-order valence-electron chi connectivity index (χ2n) is 8.40. The molecule has 0 spiro atoms. The maximum absolute atomic E-state index is 2.42. The maximum atomic E-state index is 2.42. The van der Waals surface area contributed by atoms with Crippen molar-refractivity contribution < 1.29 is 0 Å². The second-order valence-corrected chi connectivity index (χ2v) is 8.40. The molecule has 0 heterocycles. The minimum Gasteiger partial charge on any atom is -0.0683 e. The van der Waals surface area contributed by atoms with Crippen LogP contribution in [0.3, 0.4) is 0 Å². The lowest BCUT2D eigenvalue weighted by atomic mass is 9.76. The minimum absolute atomic E-state index is 0.185. The quantitative estimate of drug-likeness (QED) is 0.441. The van der Waals surface area contributed by atoms with Crippen LogP contribution in [0.15, 0.2) is 24.3 Å². The number of hydrogen-bond donors (Lipinski definition) is 0. The molecule has 0 radical (unpaired) electrons. The largest absolute Gasteiger partial charge is 0.0683 e. The van der Waals surface area contributed by atoms with Gasteiger partial charge in [-0.15, -0.1) is 0 Å². The highest BCUT2D eigenvalue weighted by Crippen LogP contribution is 2.39. The lowest BCUT2D eigenvalue weighted by Gasteiger charge is -2.29. The molecule has 0 saturated carbocycles. The van der Waals surface area contributed by atoms with Gasteiger partial charge in [0.05, 0.1) is 0 Å². The van der Waals surface area contributed by atoms with Crippen LogP contribution in [0.4, 0.5) is 0 Å². The molecule has 2 aromatic carbocycles. The van der Waals surface area contributed by atoms with Crippen molar-refractivity contribution in [2.45, 2.75) is 135 Å². The summed E-state index contributed by atoms with van der Waals surface area (Å²) in [5.41, 5.74) is 11.5. The van der Waals surface area contributed by atoms with E-state index in [1.165, 1.54) is 44.5 Å². The Labute approximate surface area is 204 Å². The Morgan fingerprint density at radius 2 is 1.00 bits per heavy atom. The highest BCUT2D eigenvalue weighted by atomic mass is 14.3. The fourth-order valence-electron chi connectivity index (χ4n) is 3.54. The molecule has 2 rings (SSSR count). The Balaban J connectivity index is -0.000000945. The number of rotatable bonds is 4. The molecule has 186 valence electrons. The van der Waals surface area contributed by atoms with E-state index in [1.54, 1.807) is 0 Å². The molecule has 0 aliphatic heterocycles. The van der Waals surface area contributed by atoms with Crippen LogP contribution in [0.2, 0.25) is 0 Å². The van der Waals surface area contributed by atoms with Crippen molar-refractivity contribution in [3.05, 3.63) is 57.6 Å². The molecule has 0 amide bonds. The number of hydrogen-bond acceptors (Lipinski definition) is 0. The lowest BCUT2D eigenvalue weighted by Crippen LogP contribution is -2.17. The third kappa shape index (κ3) is 9.51. The summed E-state index contributed by atoms with van der Waals surface area (Å²) >= 11 is 0. The molecule has 2 aromatic rings. The van der Waals surface area contributed by atoms with Crippen molar-refractivity contribution in [1.29, 1.82) is 0 Å². The highest BCUT2D eigenvalue weighted by molar-refractivity contribution is 5.74. The van der Waals surface area contributed by atoms with Gasteiger partial charge in [0, 0.05) is 0 Å². The first-order valence-corrected chi connectivity index (χ1v) is 13.3. The van der Waals surface area contributed by atoms with Gasteiger partial charge in [0.2, 0.25) is 0 Å². The summed E-state index contributed by atoms with van der Waals surface area (Å²) < 4.78 is 0. The van der Waals surface area contributed by atoms with E-state index in [-0.39, 0.29) is 5.41 Å². The molecule has 0 bridgehead atoms. The Morgan fingerprint density at radius 3 is 1.41 bits per heavy atom. The molecule has 0 aromatic heterocycles. The summed E-state index contributed by atoms with van der Waals surface area (Å²) in [5, 5.41) is 0. The summed E-state index contributed by atoms with van der Waals surface area (Å²) in [4.78, 5) is 0. The zero-order valence-electron chi connectivity index (χ0n) is 25.1. The highest BCUT2D eigenvalue weighted by Gasteiger charge is 2.24. The molecular weight excluding hydrogens is 384 g/mol. The van der Waals surface area contributed by atoms with Crippen LogP contribution < -0.4 is 0 Å². The molecule has 0 heteroatoms. The maximum Gasteiger partial charge on any atom is -0.00999 e. The Hall–Kier alpha value is -1.56. The Morgan fingerprint density at radius 1 is 0.594 bits per heavy atom. The lowest BCUT2D eigenvalue weighted by molar-refractivity contribution is 0.507. The van der Waals surface area contributed by atoms with Gasteiger partial charge in [-0.2, -0.15) is 0 Å². The molecule has 0 aliphatic carbocycles. The number of aryl methyl sites for hydroxylation is 4. The standard InChI is InChI=1S/C24H34.4C2H6/c1-10-24(8,9)23-14-17(5)16(4)11-22(23)21-13-18(6)20(15(2)3)12-19(21)7;4*1-2/h11-15H,10H2,1-9H3;4*1-2H3. The average molecular weight is 443 g/mol. The van der Waals surface area contributed by atoms with Crippen LogP contribution in [0.25, 0.3) is 11.1 Å². The van der Waals surface area contributed by atoms with E-state index in [9.17, 15) is 0 Å². The fourth-order valence-corrected chi connectivity index (χ4v) is 3.54. The predicted molar refractivity (Wildman–Crippen MR) is 154 cm³/mol. The van der Waals surface area contributed by atoms with Gasteiger partial charge in [-0.05, 0) is 90.0 Å². The topological polar surface area (TPSA) is 0 Å². The smallest absolute Gasteiger partial charge is 0.00999 e. The van der Waals surface area contributed by atoms with Gasteiger partial charge in [0.1, 0.15) is 0 Å². The van der Waals surface area contributed by atoms with Crippen LogP contribution in [0.5, 0.6) is 0 Å². The van der Waals surface area contributed by atoms with Crippen LogP contribution in [-0.4, -0.2) is 0 Å². The van der Waals surface area contributed by atoms with Crippen molar-refractivity contribution in [2.24, 2.45) is 0 Å². The molecule has 0 fully saturated rings. The Bertz CT molecular complexity index is 745. The van der Waals surface area contributed by atoms with E-state index >= 15 is 0 Å². The summed E-state index contributed by atoms with van der Waals surface area (Å²) in [6, 6.07) is 9.62. The van der Waals surface area contributed by atoms with E-state index in [2.05, 4.69) is 86.6 Å². The molecule has 0 unspecified atom stereocenters. The molecule has 0 nitrogen and oxygen atoms in total. The average Bonchev–Trinajstić information content (AvgIpc) is 2.81. The third-order valence-corrected chi connectivity index (χ3v) is 5.77. The van der Waals surface area contributed by atoms with E-state index in [4.69, 9.17) is 0 Å². The van der Waals surface area contributed by atoms with E-state index in [0.717, 1.165) is 6.42 Å². The molecule has 0 N–H and O–H groups in total. The van der Waals surface area contributed by atoms with Crippen molar-refractivity contribution in [1.82, 2.24) is 0 Å². The van der Waals surface area contributed by atoms with Crippen molar-refractivity contribution in [2.75, 3.05) is 0 Å². The first-order valence-electron chi connectivity index (χ1n) is 13.3. The predicted octanol–water partition coefficient (Wildman–Crippen LogP) is 11.5. The van der Waals surface area contributed by atoms with Crippen LogP contribution in [0, 0.1) is 27.7 Å². The van der Waals surface area contributed by atoms with Gasteiger partial charge in [-0.3, -0.25) is 0 Å². The summed E-state index contributed by atoms with van der Waals surface area (Å²) in [5.74, 6) is 0.573.